The molecule has 0 bridgehead atoms. The lowest BCUT2D eigenvalue weighted by Crippen LogP contribution is -2.30. The van der Waals surface area contributed by atoms with Crippen LogP contribution in [0.4, 0.5) is 0 Å². The Morgan fingerprint density at radius 2 is 2.35 bits per heavy atom. The Morgan fingerprint density at radius 1 is 1.52 bits per heavy atom. The maximum Gasteiger partial charge on any atom is 0.244 e. The first-order chi connectivity index (χ1) is 11.1. The average molecular weight is 340 g/mol. The third kappa shape index (κ3) is 5.15. The predicted molar refractivity (Wildman–Crippen MR) is 90.2 cm³/mol. The molecule has 0 aromatic heterocycles. The number of hydrogen-bond donors (Lipinski definition) is 1. The van der Waals surface area contributed by atoms with Crippen molar-refractivity contribution in [1.82, 2.24) is 5.32 Å². The van der Waals surface area contributed by atoms with Crippen molar-refractivity contribution in [2.24, 2.45) is 0 Å². The molecule has 1 atom stereocenters. The maximum atomic E-state index is 11.8. The van der Waals surface area contributed by atoms with Crippen LogP contribution in [-0.4, -0.2) is 38.9 Å². The summed E-state index contributed by atoms with van der Waals surface area (Å²) in [5.41, 5.74) is 0.766. The van der Waals surface area contributed by atoms with Crippen LogP contribution in [0.15, 0.2) is 18.2 Å². The van der Waals surface area contributed by atoms with Crippen LogP contribution in [0, 0.1) is 0 Å². The van der Waals surface area contributed by atoms with Gasteiger partial charge in [0.2, 0.25) is 5.91 Å². The normalized spacial score (nSPS) is 17.4. The molecule has 2 rings (SSSR count). The molecule has 1 fully saturated rings. The van der Waals surface area contributed by atoms with Crippen LogP contribution in [0.5, 0.6) is 11.5 Å². The van der Waals surface area contributed by atoms with Crippen molar-refractivity contribution >= 4 is 23.6 Å². The second kappa shape index (κ2) is 8.79. The highest BCUT2D eigenvalue weighted by Crippen LogP contribution is 2.36. The molecule has 1 saturated heterocycles. The van der Waals surface area contributed by atoms with E-state index in [1.165, 1.54) is 6.08 Å². The van der Waals surface area contributed by atoms with Crippen molar-refractivity contribution in [3.63, 3.8) is 0 Å². The van der Waals surface area contributed by atoms with Gasteiger partial charge in [0.15, 0.2) is 11.5 Å². The summed E-state index contributed by atoms with van der Waals surface area (Å²) in [6, 6.07) is 3.51. The number of rotatable bonds is 7. The Kier molecular flexibility index (Phi) is 6.74. The van der Waals surface area contributed by atoms with Crippen molar-refractivity contribution in [3.05, 3.63) is 28.8 Å². The number of carbonyl (C=O) groups excluding carboxylic acids is 1. The Bertz CT molecular complexity index is 568. The summed E-state index contributed by atoms with van der Waals surface area (Å²) < 4.78 is 16.2. The predicted octanol–water partition coefficient (Wildman–Crippen LogP) is 3.06. The summed E-state index contributed by atoms with van der Waals surface area (Å²) in [4.78, 5) is 11.8. The highest BCUT2D eigenvalue weighted by Gasteiger charge is 2.15. The molecular weight excluding hydrogens is 318 g/mol. The lowest BCUT2D eigenvalue weighted by atomic mass is 10.2. The summed E-state index contributed by atoms with van der Waals surface area (Å²) in [6.07, 6.45) is 5.35. The van der Waals surface area contributed by atoms with Crippen LogP contribution in [0.25, 0.3) is 6.08 Å². The van der Waals surface area contributed by atoms with Crippen LogP contribution in [0.3, 0.4) is 0 Å². The molecule has 0 radical (unpaired) electrons. The van der Waals surface area contributed by atoms with E-state index >= 15 is 0 Å². The minimum absolute atomic E-state index is 0.132. The van der Waals surface area contributed by atoms with Gasteiger partial charge in [-0.2, -0.15) is 0 Å². The third-order valence-corrected chi connectivity index (χ3v) is 3.78. The van der Waals surface area contributed by atoms with E-state index in [1.54, 1.807) is 25.3 Å². The van der Waals surface area contributed by atoms with Gasteiger partial charge in [0.1, 0.15) is 0 Å². The molecule has 0 saturated carbocycles. The minimum atomic E-state index is -0.163. The number of benzene rings is 1. The number of nitrogens with one attached hydrogen (secondary N) is 1. The van der Waals surface area contributed by atoms with Crippen LogP contribution in [-0.2, 0) is 9.53 Å². The van der Waals surface area contributed by atoms with Gasteiger partial charge in [0, 0.05) is 19.2 Å². The van der Waals surface area contributed by atoms with Crippen molar-refractivity contribution in [2.75, 3.05) is 26.9 Å². The quantitative estimate of drug-likeness (QED) is 0.776. The Labute approximate surface area is 141 Å². The van der Waals surface area contributed by atoms with Crippen molar-refractivity contribution in [3.8, 4) is 11.5 Å². The molecule has 0 aliphatic carbocycles. The Balaban J connectivity index is 1.97. The van der Waals surface area contributed by atoms with Crippen molar-refractivity contribution in [2.45, 2.75) is 25.9 Å². The van der Waals surface area contributed by atoms with E-state index in [4.69, 9.17) is 25.8 Å². The van der Waals surface area contributed by atoms with Crippen molar-refractivity contribution < 1.29 is 19.0 Å². The molecule has 1 amide bonds. The highest BCUT2D eigenvalue weighted by molar-refractivity contribution is 6.32. The zero-order valence-corrected chi connectivity index (χ0v) is 14.2. The zero-order chi connectivity index (χ0) is 16.7. The van der Waals surface area contributed by atoms with Gasteiger partial charge in [-0.1, -0.05) is 11.6 Å². The van der Waals surface area contributed by atoms with Gasteiger partial charge in [0.25, 0.3) is 0 Å². The minimum Gasteiger partial charge on any atom is -0.493 e. The van der Waals surface area contributed by atoms with Crippen molar-refractivity contribution in [1.29, 1.82) is 0 Å². The number of carbonyl (C=O) groups is 1. The molecule has 0 spiro atoms. The SMILES string of the molecule is CCOc1c(Cl)cc(/C=C/C(=O)NCC2CCCO2)cc1OC. The van der Waals surface area contributed by atoms with Gasteiger partial charge in [0.05, 0.1) is 24.8 Å². The van der Waals surface area contributed by atoms with E-state index in [2.05, 4.69) is 5.32 Å². The first-order valence-electron chi connectivity index (χ1n) is 7.72. The summed E-state index contributed by atoms with van der Waals surface area (Å²) in [5.74, 6) is 0.889. The first-order valence-corrected chi connectivity index (χ1v) is 8.09. The van der Waals surface area contributed by atoms with E-state index in [0.717, 1.165) is 25.0 Å². The van der Waals surface area contributed by atoms with Gasteiger partial charge in [-0.05, 0) is 43.5 Å². The lowest BCUT2D eigenvalue weighted by Gasteiger charge is -2.12. The molecule has 1 aliphatic rings. The summed E-state index contributed by atoms with van der Waals surface area (Å²) in [7, 11) is 1.55. The third-order valence-electron chi connectivity index (χ3n) is 3.50. The molecule has 1 heterocycles. The Hall–Kier alpha value is -1.72. The molecule has 5 nitrogen and oxygen atoms in total. The van der Waals surface area contributed by atoms with Gasteiger partial charge in [-0.3, -0.25) is 4.79 Å². The smallest absolute Gasteiger partial charge is 0.244 e. The maximum absolute atomic E-state index is 11.8. The van der Waals surface area contributed by atoms with Crippen LogP contribution < -0.4 is 14.8 Å². The highest BCUT2D eigenvalue weighted by atomic mass is 35.5. The molecule has 1 aromatic rings. The van der Waals surface area contributed by atoms with Gasteiger partial charge in [-0.25, -0.2) is 0 Å². The number of amides is 1. The summed E-state index contributed by atoms with van der Waals surface area (Å²) >= 11 is 6.20. The molecule has 1 unspecified atom stereocenters. The molecule has 1 aromatic carbocycles. The molecule has 23 heavy (non-hydrogen) atoms. The molecular formula is C17H22ClNO4. The summed E-state index contributed by atoms with van der Waals surface area (Å²) in [5, 5.41) is 3.28. The second-order valence-corrected chi connectivity index (χ2v) is 5.59. The van der Waals surface area contributed by atoms with Gasteiger partial charge in [-0.15, -0.1) is 0 Å². The average Bonchev–Trinajstić information content (AvgIpc) is 3.06. The van der Waals surface area contributed by atoms with E-state index in [0.29, 0.717) is 29.7 Å². The van der Waals surface area contributed by atoms with E-state index < -0.39 is 0 Å². The van der Waals surface area contributed by atoms with Crippen LogP contribution in [0.2, 0.25) is 5.02 Å². The van der Waals surface area contributed by atoms with Crippen LogP contribution in [0.1, 0.15) is 25.3 Å². The van der Waals surface area contributed by atoms with Gasteiger partial charge < -0.3 is 19.5 Å². The number of methoxy groups -OCH3 is 1. The van der Waals surface area contributed by atoms with Crippen LogP contribution >= 0.6 is 11.6 Å². The first kappa shape index (κ1) is 17.6. The monoisotopic (exact) mass is 339 g/mol. The number of hydrogen-bond acceptors (Lipinski definition) is 4. The molecule has 1 N–H and O–H groups in total. The topological polar surface area (TPSA) is 56.8 Å². The summed E-state index contributed by atoms with van der Waals surface area (Å²) in [6.45, 7) is 3.69. The van der Waals surface area contributed by atoms with E-state index in [9.17, 15) is 4.79 Å². The second-order valence-electron chi connectivity index (χ2n) is 5.18. The fourth-order valence-electron chi connectivity index (χ4n) is 2.37. The number of ether oxygens (including phenoxy) is 3. The fraction of sp³-hybridized carbons (Fsp3) is 0.471. The van der Waals surface area contributed by atoms with E-state index in [-0.39, 0.29) is 12.0 Å². The largest absolute Gasteiger partial charge is 0.493 e. The molecule has 6 heteroatoms. The van der Waals surface area contributed by atoms with Gasteiger partial charge >= 0.3 is 0 Å². The zero-order valence-electron chi connectivity index (χ0n) is 13.4. The molecule has 126 valence electrons. The van der Waals surface area contributed by atoms with E-state index in [1.807, 2.05) is 6.92 Å². The lowest BCUT2D eigenvalue weighted by molar-refractivity contribution is -0.116. The standard InChI is InChI=1S/C17H22ClNO4/c1-3-22-17-14(18)9-12(10-15(17)21-2)6-7-16(20)19-11-13-5-4-8-23-13/h6-7,9-10,13H,3-5,8,11H2,1-2H3,(H,19,20)/b7-6+. The molecule has 1 aliphatic heterocycles. The Morgan fingerprint density at radius 3 is 3.00 bits per heavy atom. The fourth-order valence-corrected chi connectivity index (χ4v) is 2.64. The number of halogens is 1.